The number of benzene rings is 1. The molecule has 0 bridgehead atoms. The molecule has 1 aromatic heterocycles. The Kier molecular flexibility index (Phi) is 4.68. The van der Waals surface area contributed by atoms with Gasteiger partial charge in [0.15, 0.2) is 0 Å². The summed E-state index contributed by atoms with van der Waals surface area (Å²) in [6.07, 6.45) is 1.96. The van der Waals surface area contributed by atoms with Crippen molar-refractivity contribution in [1.82, 2.24) is 15.0 Å². The van der Waals surface area contributed by atoms with E-state index in [1.807, 2.05) is 0 Å². The number of likely N-dealkylation sites (tertiary alicyclic amines) is 1. The summed E-state index contributed by atoms with van der Waals surface area (Å²) in [5, 5.41) is 22.0. The SMILES string of the molecule is O=C(O)c1ccc(-c2noc(CN3CCC(CO)CC3)n2)cc1. The van der Waals surface area contributed by atoms with Crippen LogP contribution >= 0.6 is 0 Å². The van der Waals surface area contributed by atoms with Crippen LogP contribution in [-0.4, -0.2) is 50.9 Å². The molecule has 1 aliphatic heterocycles. The summed E-state index contributed by atoms with van der Waals surface area (Å²) in [6.45, 7) is 2.68. The first kappa shape index (κ1) is 15.6. The van der Waals surface area contributed by atoms with Crippen LogP contribution in [0.25, 0.3) is 11.4 Å². The molecule has 0 unspecified atom stereocenters. The van der Waals surface area contributed by atoms with E-state index in [1.165, 1.54) is 12.1 Å². The van der Waals surface area contributed by atoms with Crippen molar-refractivity contribution in [2.75, 3.05) is 19.7 Å². The largest absolute Gasteiger partial charge is 0.478 e. The highest BCUT2D eigenvalue weighted by Crippen LogP contribution is 2.20. The molecule has 1 fully saturated rings. The first-order valence-electron chi connectivity index (χ1n) is 7.65. The van der Waals surface area contributed by atoms with Crippen LogP contribution in [-0.2, 0) is 6.54 Å². The van der Waals surface area contributed by atoms with Crippen LogP contribution in [0.5, 0.6) is 0 Å². The van der Waals surface area contributed by atoms with Crippen molar-refractivity contribution in [3.8, 4) is 11.4 Å². The predicted octanol–water partition coefficient (Wildman–Crippen LogP) is 1.64. The predicted molar refractivity (Wildman–Crippen MR) is 81.8 cm³/mol. The third-order valence-electron chi connectivity index (χ3n) is 4.18. The summed E-state index contributed by atoms with van der Waals surface area (Å²) >= 11 is 0. The molecule has 7 heteroatoms. The Morgan fingerprint density at radius 1 is 1.26 bits per heavy atom. The molecule has 0 spiro atoms. The van der Waals surface area contributed by atoms with E-state index < -0.39 is 5.97 Å². The molecule has 122 valence electrons. The lowest BCUT2D eigenvalue weighted by Gasteiger charge is -2.29. The molecule has 0 amide bonds. The Labute approximate surface area is 133 Å². The Balaban J connectivity index is 1.63. The van der Waals surface area contributed by atoms with Crippen molar-refractivity contribution < 1.29 is 19.5 Å². The van der Waals surface area contributed by atoms with E-state index in [1.54, 1.807) is 12.1 Å². The molecule has 0 radical (unpaired) electrons. The highest BCUT2D eigenvalue weighted by molar-refractivity contribution is 5.88. The molecule has 1 saturated heterocycles. The van der Waals surface area contributed by atoms with E-state index in [0.29, 0.717) is 24.2 Å². The Bertz CT molecular complexity index is 660. The molecule has 3 rings (SSSR count). The number of carboxylic acids is 1. The van der Waals surface area contributed by atoms with Crippen LogP contribution < -0.4 is 0 Å². The molecular weight excluding hydrogens is 298 g/mol. The number of aromatic carboxylic acids is 1. The standard InChI is InChI=1S/C16H19N3O4/c20-10-11-5-7-19(8-6-11)9-14-17-15(18-23-14)12-1-3-13(4-2-12)16(21)22/h1-4,11,20H,5-10H2,(H,21,22). The fourth-order valence-electron chi connectivity index (χ4n) is 2.72. The number of aromatic nitrogens is 2. The van der Waals surface area contributed by atoms with Gasteiger partial charge >= 0.3 is 5.97 Å². The van der Waals surface area contributed by atoms with E-state index in [9.17, 15) is 4.79 Å². The fraction of sp³-hybridized carbons (Fsp3) is 0.438. The van der Waals surface area contributed by atoms with Crippen molar-refractivity contribution in [2.24, 2.45) is 5.92 Å². The summed E-state index contributed by atoms with van der Waals surface area (Å²) in [5.74, 6) is 0.445. The van der Waals surface area contributed by atoms with Crippen LogP contribution in [0.1, 0.15) is 29.1 Å². The third-order valence-corrected chi connectivity index (χ3v) is 4.18. The minimum absolute atomic E-state index is 0.226. The van der Waals surface area contributed by atoms with Crippen molar-refractivity contribution >= 4 is 5.97 Å². The van der Waals surface area contributed by atoms with Crippen LogP contribution in [0.2, 0.25) is 0 Å². The average Bonchev–Trinajstić information content (AvgIpc) is 3.04. The summed E-state index contributed by atoms with van der Waals surface area (Å²) in [5.41, 5.74) is 0.952. The van der Waals surface area contributed by atoms with E-state index in [-0.39, 0.29) is 12.2 Å². The van der Waals surface area contributed by atoms with Crippen LogP contribution in [0.4, 0.5) is 0 Å². The quantitative estimate of drug-likeness (QED) is 0.864. The minimum atomic E-state index is -0.961. The van der Waals surface area contributed by atoms with Gasteiger partial charge in [-0.1, -0.05) is 17.3 Å². The van der Waals surface area contributed by atoms with Gasteiger partial charge in [-0.05, 0) is 44.0 Å². The molecular formula is C16H19N3O4. The highest BCUT2D eigenvalue weighted by atomic mass is 16.5. The molecule has 23 heavy (non-hydrogen) atoms. The Hall–Kier alpha value is -2.25. The van der Waals surface area contributed by atoms with Gasteiger partial charge in [-0.3, -0.25) is 4.90 Å². The number of carbonyl (C=O) groups is 1. The van der Waals surface area contributed by atoms with Gasteiger partial charge in [0.05, 0.1) is 12.1 Å². The number of carboxylic acid groups (broad SMARTS) is 1. The molecule has 1 aliphatic rings. The maximum atomic E-state index is 10.8. The van der Waals surface area contributed by atoms with Crippen molar-refractivity contribution in [1.29, 1.82) is 0 Å². The Morgan fingerprint density at radius 3 is 2.57 bits per heavy atom. The summed E-state index contributed by atoms with van der Waals surface area (Å²) in [4.78, 5) is 17.5. The van der Waals surface area contributed by atoms with Gasteiger partial charge in [0.2, 0.25) is 11.7 Å². The van der Waals surface area contributed by atoms with E-state index in [4.69, 9.17) is 14.7 Å². The topological polar surface area (TPSA) is 99.7 Å². The number of nitrogens with zero attached hydrogens (tertiary/aromatic N) is 3. The van der Waals surface area contributed by atoms with Gasteiger partial charge in [0.1, 0.15) is 0 Å². The van der Waals surface area contributed by atoms with Crippen molar-refractivity contribution in [3.05, 3.63) is 35.7 Å². The first-order valence-corrected chi connectivity index (χ1v) is 7.65. The smallest absolute Gasteiger partial charge is 0.335 e. The zero-order valence-electron chi connectivity index (χ0n) is 12.7. The van der Waals surface area contributed by atoms with Crippen molar-refractivity contribution in [3.63, 3.8) is 0 Å². The lowest BCUT2D eigenvalue weighted by molar-refractivity contribution is 0.0697. The normalized spacial score (nSPS) is 16.6. The molecule has 2 heterocycles. The number of piperidine rings is 1. The number of aliphatic hydroxyl groups is 1. The molecule has 0 saturated carbocycles. The fourth-order valence-corrected chi connectivity index (χ4v) is 2.72. The average molecular weight is 317 g/mol. The monoisotopic (exact) mass is 317 g/mol. The van der Waals surface area contributed by atoms with Gasteiger partial charge in [-0.25, -0.2) is 4.79 Å². The molecule has 2 aromatic rings. The van der Waals surface area contributed by atoms with Gasteiger partial charge < -0.3 is 14.7 Å². The molecule has 7 nitrogen and oxygen atoms in total. The maximum Gasteiger partial charge on any atom is 0.335 e. The van der Waals surface area contributed by atoms with Crippen LogP contribution in [0, 0.1) is 5.92 Å². The summed E-state index contributed by atoms with van der Waals surface area (Å²) in [6, 6.07) is 6.39. The number of aliphatic hydroxyl groups excluding tert-OH is 1. The van der Waals surface area contributed by atoms with Crippen LogP contribution in [0.3, 0.4) is 0 Å². The number of hydrogen-bond acceptors (Lipinski definition) is 6. The summed E-state index contributed by atoms with van der Waals surface area (Å²) < 4.78 is 5.28. The second kappa shape index (κ2) is 6.89. The highest BCUT2D eigenvalue weighted by Gasteiger charge is 2.20. The van der Waals surface area contributed by atoms with Gasteiger partial charge in [0.25, 0.3) is 0 Å². The number of hydrogen-bond donors (Lipinski definition) is 2. The summed E-state index contributed by atoms with van der Waals surface area (Å²) in [7, 11) is 0. The maximum absolute atomic E-state index is 10.8. The number of rotatable bonds is 5. The third kappa shape index (κ3) is 3.75. The second-order valence-electron chi connectivity index (χ2n) is 5.80. The molecule has 1 aromatic carbocycles. The Morgan fingerprint density at radius 2 is 1.96 bits per heavy atom. The lowest BCUT2D eigenvalue weighted by atomic mass is 9.98. The molecule has 0 atom stereocenters. The lowest BCUT2D eigenvalue weighted by Crippen LogP contribution is -2.34. The van der Waals surface area contributed by atoms with Gasteiger partial charge in [-0.15, -0.1) is 0 Å². The zero-order chi connectivity index (χ0) is 16.2. The van der Waals surface area contributed by atoms with Crippen molar-refractivity contribution in [2.45, 2.75) is 19.4 Å². The molecule has 0 aliphatic carbocycles. The zero-order valence-corrected chi connectivity index (χ0v) is 12.7. The van der Waals surface area contributed by atoms with E-state index in [0.717, 1.165) is 31.5 Å². The van der Waals surface area contributed by atoms with Gasteiger partial charge in [0, 0.05) is 12.2 Å². The van der Waals surface area contributed by atoms with Crippen LogP contribution in [0.15, 0.2) is 28.8 Å². The second-order valence-corrected chi connectivity index (χ2v) is 5.80. The minimum Gasteiger partial charge on any atom is -0.478 e. The van der Waals surface area contributed by atoms with E-state index >= 15 is 0 Å². The first-order chi connectivity index (χ1) is 11.2. The molecule has 2 N–H and O–H groups in total. The van der Waals surface area contributed by atoms with Gasteiger partial charge in [-0.2, -0.15) is 4.98 Å². The van der Waals surface area contributed by atoms with E-state index in [2.05, 4.69) is 15.0 Å².